The molecule has 0 aliphatic carbocycles. The summed E-state index contributed by atoms with van der Waals surface area (Å²) in [5, 5.41) is 0. The first kappa shape index (κ1) is 15.7. The maximum absolute atomic E-state index is 12.6. The van der Waals surface area contributed by atoms with Crippen molar-refractivity contribution in [2.24, 2.45) is 11.7 Å². The number of amides is 1. The number of likely N-dealkylation sites (N-methyl/N-ethyl adjacent to an activating group) is 1. The number of rotatable bonds is 7. The molecule has 106 valence electrons. The van der Waals surface area contributed by atoms with Gasteiger partial charge in [0.2, 0.25) is 5.91 Å². The summed E-state index contributed by atoms with van der Waals surface area (Å²) in [6, 6.07) is 9.82. The molecular formula is C16H26N2O. The van der Waals surface area contributed by atoms with E-state index in [9.17, 15) is 4.79 Å². The number of hydrogen-bond acceptors (Lipinski definition) is 2. The van der Waals surface area contributed by atoms with Crippen LogP contribution >= 0.6 is 0 Å². The average molecular weight is 262 g/mol. The fourth-order valence-electron chi connectivity index (χ4n) is 2.17. The van der Waals surface area contributed by atoms with Crippen LogP contribution in [0.15, 0.2) is 30.3 Å². The van der Waals surface area contributed by atoms with Gasteiger partial charge in [-0.25, -0.2) is 0 Å². The molecule has 0 heterocycles. The molecule has 0 aliphatic heterocycles. The third kappa shape index (κ3) is 4.35. The highest BCUT2D eigenvalue weighted by atomic mass is 16.2. The largest absolute Gasteiger partial charge is 0.342 e. The highest BCUT2D eigenvalue weighted by Gasteiger charge is 2.24. The van der Waals surface area contributed by atoms with E-state index >= 15 is 0 Å². The number of nitrogens with zero attached hydrogens (tertiary/aromatic N) is 1. The molecule has 1 amide bonds. The van der Waals surface area contributed by atoms with Gasteiger partial charge >= 0.3 is 0 Å². The third-order valence-electron chi connectivity index (χ3n) is 3.66. The molecule has 3 nitrogen and oxygen atoms in total. The Bertz CT molecular complexity index is 378. The first-order valence-electron chi connectivity index (χ1n) is 7.17. The molecule has 1 rings (SSSR count). The van der Waals surface area contributed by atoms with Crippen LogP contribution in [0.1, 0.15) is 38.7 Å². The number of carbonyl (C=O) groups is 1. The van der Waals surface area contributed by atoms with Crippen molar-refractivity contribution < 1.29 is 4.79 Å². The van der Waals surface area contributed by atoms with Crippen LogP contribution in [0.4, 0.5) is 0 Å². The Hall–Kier alpha value is -1.35. The minimum atomic E-state index is -0.217. The summed E-state index contributed by atoms with van der Waals surface area (Å²) in [5.41, 5.74) is 6.83. The Labute approximate surface area is 116 Å². The van der Waals surface area contributed by atoms with E-state index in [0.29, 0.717) is 12.5 Å². The van der Waals surface area contributed by atoms with Gasteiger partial charge in [-0.1, -0.05) is 50.6 Å². The lowest BCUT2D eigenvalue weighted by Crippen LogP contribution is -2.40. The number of hydrogen-bond donors (Lipinski definition) is 1. The van der Waals surface area contributed by atoms with Crippen molar-refractivity contribution in [1.29, 1.82) is 0 Å². The summed E-state index contributed by atoms with van der Waals surface area (Å²) in [7, 11) is 0. The van der Waals surface area contributed by atoms with Crippen LogP contribution in [0.3, 0.4) is 0 Å². The lowest BCUT2D eigenvalue weighted by molar-refractivity contribution is -0.133. The number of nitrogens with two attached hydrogens (primary N) is 1. The molecule has 0 saturated carbocycles. The zero-order valence-electron chi connectivity index (χ0n) is 12.3. The molecule has 3 heteroatoms. The highest BCUT2D eigenvalue weighted by Crippen LogP contribution is 2.18. The van der Waals surface area contributed by atoms with E-state index in [4.69, 9.17) is 5.73 Å². The lowest BCUT2D eigenvalue weighted by atomic mass is 9.97. The Balaban J connectivity index is 2.82. The van der Waals surface area contributed by atoms with E-state index < -0.39 is 0 Å². The maximum Gasteiger partial charge on any atom is 0.231 e. The molecule has 19 heavy (non-hydrogen) atoms. The average Bonchev–Trinajstić information content (AvgIpc) is 2.46. The van der Waals surface area contributed by atoms with E-state index in [1.165, 1.54) is 0 Å². The van der Waals surface area contributed by atoms with E-state index in [1.54, 1.807) is 0 Å². The van der Waals surface area contributed by atoms with Gasteiger partial charge in [0.05, 0.1) is 5.92 Å². The van der Waals surface area contributed by atoms with Gasteiger partial charge in [0.1, 0.15) is 0 Å². The Morgan fingerprint density at radius 2 is 1.89 bits per heavy atom. The molecular weight excluding hydrogens is 236 g/mol. The Morgan fingerprint density at radius 3 is 2.37 bits per heavy atom. The zero-order valence-corrected chi connectivity index (χ0v) is 12.3. The lowest BCUT2D eigenvalue weighted by Gasteiger charge is -2.28. The summed E-state index contributed by atoms with van der Waals surface area (Å²) >= 11 is 0. The van der Waals surface area contributed by atoms with Crippen LogP contribution in [0.5, 0.6) is 0 Å². The van der Waals surface area contributed by atoms with Gasteiger partial charge in [-0.3, -0.25) is 4.79 Å². The highest BCUT2D eigenvalue weighted by molar-refractivity contribution is 5.84. The Kier molecular flexibility index (Phi) is 6.57. The van der Waals surface area contributed by atoms with Crippen molar-refractivity contribution in [1.82, 2.24) is 4.90 Å². The molecule has 0 fully saturated rings. The van der Waals surface area contributed by atoms with Crippen LogP contribution in [-0.2, 0) is 4.79 Å². The smallest absolute Gasteiger partial charge is 0.231 e. The molecule has 2 N–H and O–H groups in total. The molecule has 0 bridgehead atoms. The van der Waals surface area contributed by atoms with Gasteiger partial charge in [-0.05, 0) is 18.4 Å². The van der Waals surface area contributed by atoms with Crippen LogP contribution in [0, 0.1) is 5.92 Å². The van der Waals surface area contributed by atoms with Crippen molar-refractivity contribution in [2.75, 3.05) is 19.6 Å². The molecule has 0 aromatic heterocycles. The topological polar surface area (TPSA) is 46.3 Å². The van der Waals surface area contributed by atoms with Crippen LogP contribution in [0.25, 0.3) is 0 Å². The molecule has 1 aromatic rings. The van der Waals surface area contributed by atoms with Crippen LogP contribution in [0.2, 0.25) is 0 Å². The first-order chi connectivity index (χ1) is 9.13. The first-order valence-corrected chi connectivity index (χ1v) is 7.17. The van der Waals surface area contributed by atoms with Crippen molar-refractivity contribution in [3.8, 4) is 0 Å². The minimum Gasteiger partial charge on any atom is -0.342 e. The van der Waals surface area contributed by atoms with Gasteiger partial charge < -0.3 is 10.6 Å². The second-order valence-electron chi connectivity index (χ2n) is 5.09. The van der Waals surface area contributed by atoms with Crippen molar-refractivity contribution >= 4 is 5.91 Å². The predicted octanol–water partition coefficient (Wildman–Crippen LogP) is 2.62. The SMILES string of the molecule is CCC(C)CN(CC)C(=O)C(CN)c1ccccc1. The van der Waals surface area contributed by atoms with Crippen LogP contribution < -0.4 is 5.73 Å². The maximum atomic E-state index is 12.6. The Morgan fingerprint density at radius 1 is 1.26 bits per heavy atom. The van der Waals surface area contributed by atoms with Gasteiger partial charge in [-0.2, -0.15) is 0 Å². The van der Waals surface area contributed by atoms with E-state index in [1.807, 2.05) is 42.2 Å². The second-order valence-corrected chi connectivity index (χ2v) is 5.09. The summed E-state index contributed by atoms with van der Waals surface area (Å²) in [6.45, 7) is 8.27. The number of carbonyl (C=O) groups excluding carboxylic acids is 1. The van der Waals surface area contributed by atoms with E-state index in [0.717, 1.165) is 25.1 Å². The summed E-state index contributed by atoms with van der Waals surface area (Å²) in [5.74, 6) is 0.458. The van der Waals surface area contributed by atoms with Crippen molar-refractivity contribution in [3.63, 3.8) is 0 Å². The van der Waals surface area contributed by atoms with Gasteiger partial charge in [0, 0.05) is 19.6 Å². The van der Waals surface area contributed by atoms with Gasteiger partial charge in [0.25, 0.3) is 0 Å². The summed E-state index contributed by atoms with van der Waals surface area (Å²) in [4.78, 5) is 14.5. The van der Waals surface area contributed by atoms with Crippen molar-refractivity contribution in [2.45, 2.75) is 33.1 Å². The number of benzene rings is 1. The van der Waals surface area contributed by atoms with Crippen molar-refractivity contribution in [3.05, 3.63) is 35.9 Å². The quantitative estimate of drug-likeness (QED) is 0.821. The molecule has 0 saturated heterocycles. The van der Waals surface area contributed by atoms with Gasteiger partial charge in [-0.15, -0.1) is 0 Å². The molecule has 0 radical (unpaired) electrons. The third-order valence-corrected chi connectivity index (χ3v) is 3.66. The molecule has 0 aliphatic rings. The van der Waals surface area contributed by atoms with E-state index in [2.05, 4.69) is 13.8 Å². The fourth-order valence-corrected chi connectivity index (χ4v) is 2.17. The zero-order chi connectivity index (χ0) is 14.3. The fraction of sp³-hybridized carbons (Fsp3) is 0.562. The van der Waals surface area contributed by atoms with Crippen LogP contribution in [-0.4, -0.2) is 30.4 Å². The minimum absolute atomic E-state index is 0.150. The standard InChI is InChI=1S/C16H26N2O/c1-4-13(3)12-18(5-2)16(19)15(11-17)14-9-7-6-8-10-14/h6-10,13,15H,4-5,11-12,17H2,1-3H3. The molecule has 1 aromatic carbocycles. The molecule has 2 atom stereocenters. The van der Waals surface area contributed by atoms with Gasteiger partial charge in [0.15, 0.2) is 0 Å². The molecule has 0 spiro atoms. The normalized spacial score (nSPS) is 13.9. The predicted molar refractivity (Wildman–Crippen MR) is 79.9 cm³/mol. The second kappa shape index (κ2) is 7.95. The molecule has 2 unspecified atom stereocenters. The summed E-state index contributed by atoms with van der Waals surface area (Å²) < 4.78 is 0. The summed E-state index contributed by atoms with van der Waals surface area (Å²) in [6.07, 6.45) is 1.09. The van der Waals surface area contributed by atoms with E-state index in [-0.39, 0.29) is 11.8 Å². The monoisotopic (exact) mass is 262 g/mol.